The van der Waals surface area contributed by atoms with Crippen LogP contribution in [0.1, 0.15) is 23.2 Å². The van der Waals surface area contributed by atoms with Crippen LogP contribution in [0.3, 0.4) is 0 Å². The van der Waals surface area contributed by atoms with Gasteiger partial charge in [0, 0.05) is 6.92 Å². The number of carbonyl (C=O) groups excluding carboxylic acids is 1. The van der Waals surface area contributed by atoms with E-state index < -0.39 is 5.97 Å². The van der Waals surface area contributed by atoms with E-state index in [4.69, 9.17) is 4.74 Å². The second-order valence-electron chi connectivity index (χ2n) is 3.68. The summed E-state index contributed by atoms with van der Waals surface area (Å²) in [5.74, 6) is -0.280. The molecule has 0 saturated carbocycles. The highest BCUT2D eigenvalue weighted by atomic mass is 35.5. The van der Waals surface area contributed by atoms with Crippen LogP contribution in [0.2, 0.25) is 0 Å². The number of rotatable bonds is 3. The number of ether oxygens (including phenoxy) is 1. The summed E-state index contributed by atoms with van der Waals surface area (Å²) in [6.07, 6.45) is 0. The molecule has 6 heteroatoms. The molecule has 0 fully saturated rings. The van der Waals surface area contributed by atoms with Gasteiger partial charge in [-0.05, 0) is 19.1 Å². The molecule has 0 bridgehead atoms. The zero-order chi connectivity index (χ0) is 13.1. The summed E-state index contributed by atoms with van der Waals surface area (Å²) in [5.41, 5.74) is 0.673. The summed E-state index contributed by atoms with van der Waals surface area (Å²) < 4.78 is 6.37. The number of esters is 1. The van der Waals surface area contributed by atoms with E-state index in [1.54, 1.807) is 31.2 Å². The van der Waals surface area contributed by atoms with Crippen LogP contribution >= 0.6 is 12.4 Å². The Kier molecular flexibility index (Phi) is 4.94. The van der Waals surface area contributed by atoms with E-state index in [-0.39, 0.29) is 36.4 Å². The molecule has 0 radical (unpaired) electrons. The fourth-order valence-corrected chi connectivity index (χ4v) is 1.60. The molecule has 2 aromatic rings. The first-order chi connectivity index (χ1) is 8.65. The van der Waals surface area contributed by atoms with Crippen LogP contribution in [0.25, 0.3) is 11.5 Å². The van der Waals surface area contributed by atoms with Crippen molar-refractivity contribution in [1.29, 1.82) is 0 Å². The van der Waals surface area contributed by atoms with Crippen LogP contribution in [0.15, 0.2) is 34.5 Å². The molecule has 0 aliphatic carbocycles. The van der Waals surface area contributed by atoms with Crippen molar-refractivity contribution in [3.8, 4) is 11.5 Å². The fraction of sp³-hybridized carbons (Fsp3) is 0.231. The molecular weight excluding hydrogens is 270 g/mol. The summed E-state index contributed by atoms with van der Waals surface area (Å²) >= 11 is 0. The lowest BCUT2D eigenvalue weighted by atomic mass is 10.2. The average Bonchev–Trinajstić information content (AvgIpc) is 2.68. The van der Waals surface area contributed by atoms with Crippen molar-refractivity contribution in [3.05, 3.63) is 41.8 Å². The van der Waals surface area contributed by atoms with E-state index in [0.29, 0.717) is 5.56 Å². The van der Waals surface area contributed by atoms with Crippen molar-refractivity contribution >= 4 is 18.4 Å². The fourth-order valence-electron chi connectivity index (χ4n) is 1.60. The maximum Gasteiger partial charge on any atom is 0.392 e. The molecule has 0 aliphatic heterocycles. The predicted octanol–water partition coefficient (Wildman–Crippen LogP) is 2.06. The first-order valence-electron chi connectivity index (χ1n) is 5.59. The Bertz CT molecular complexity index is 566. The van der Waals surface area contributed by atoms with Crippen molar-refractivity contribution in [2.45, 2.75) is 13.8 Å². The third-order valence-electron chi connectivity index (χ3n) is 2.49. The van der Waals surface area contributed by atoms with Crippen LogP contribution in [0.5, 0.6) is 0 Å². The summed E-state index contributed by atoms with van der Waals surface area (Å²) in [4.78, 5) is 15.6. The molecule has 0 atom stereocenters. The first kappa shape index (κ1) is 15.0. The quantitative estimate of drug-likeness (QED) is 0.491. The molecular formula is C13H14ClNO4. The molecule has 0 aliphatic rings. The van der Waals surface area contributed by atoms with Gasteiger partial charge in [0.05, 0.1) is 12.2 Å². The topological polar surface area (TPSA) is 65.0 Å². The van der Waals surface area contributed by atoms with E-state index in [1.165, 1.54) is 11.1 Å². The summed E-state index contributed by atoms with van der Waals surface area (Å²) in [6.45, 7) is 3.46. The summed E-state index contributed by atoms with van der Waals surface area (Å²) in [6, 6.07) is 8.93. The minimum Gasteiger partial charge on any atom is -0.554 e. The summed E-state index contributed by atoms with van der Waals surface area (Å²) in [7, 11) is 0. The van der Waals surface area contributed by atoms with Gasteiger partial charge in [-0.15, -0.1) is 17.4 Å². The first-order valence-corrected chi connectivity index (χ1v) is 5.59. The number of aromatic nitrogens is 1. The lowest BCUT2D eigenvalue weighted by molar-refractivity contribution is -0.695. The molecule has 2 rings (SSSR count). The number of benzene rings is 1. The van der Waals surface area contributed by atoms with Gasteiger partial charge in [-0.25, -0.2) is 4.79 Å². The molecule has 0 amide bonds. The van der Waals surface area contributed by atoms with Gasteiger partial charge in [0.25, 0.3) is 5.76 Å². The van der Waals surface area contributed by atoms with Gasteiger partial charge in [-0.3, -0.25) is 0 Å². The lowest BCUT2D eigenvalue weighted by Crippen LogP contribution is -2.08. The Labute approximate surface area is 116 Å². The van der Waals surface area contributed by atoms with Gasteiger partial charge in [0.2, 0.25) is 5.69 Å². The Morgan fingerprint density at radius 1 is 1.37 bits per heavy atom. The van der Waals surface area contributed by atoms with Crippen molar-refractivity contribution < 1.29 is 19.0 Å². The highest BCUT2D eigenvalue weighted by Gasteiger charge is 2.27. The molecule has 0 N–H and O–H groups in total. The third kappa shape index (κ3) is 2.88. The van der Waals surface area contributed by atoms with E-state index in [1.807, 2.05) is 6.07 Å². The number of carbonyl (C=O) groups is 1. The van der Waals surface area contributed by atoms with Gasteiger partial charge in [0.15, 0.2) is 0 Å². The number of oxazole rings is 1. The van der Waals surface area contributed by atoms with Crippen molar-refractivity contribution in [1.82, 2.24) is 4.98 Å². The summed E-state index contributed by atoms with van der Waals surface area (Å²) in [5, 5.41) is 11.9. The van der Waals surface area contributed by atoms with Gasteiger partial charge in [-0.2, -0.15) is 0 Å². The molecule has 102 valence electrons. The normalized spacial score (nSPS) is 9.79. The second-order valence-corrected chi connectivity index (χ2v) is 3.68. The zero-order valence-electron chi connectivity index (χ0n) is 10.6. The molecule has 0 saturated heterocycles. The van der Waals surface area contributed by atoms with E-state index in [2.05, 4.69) is 4.98 Å². The molecule has 1 aromatic carbocycles. The Balaban J connectivity index is 0.00000180. The highest BCUT2D eigenvalue weighted by molar-refractivity contribution is 5.88. The number of hydrogen-bond donors (Lipinski definition) is 0. The molecule has 19 heavy (non-hydrogen) atoms. The largest absolute Gasteiger partial charge is 0.554 e. The maximum absolute atomic E-state index is 11.9. The zero-order valence-corrected chi connectivity index (χ0v) is 11.4. The van der Waals surface area contributed by atoms with Crippen LogP contribution in [-0.2, 0) is 4.74 Å². The van der Waals surface area contributed by atoms with Crippen molar-refractivity contribution in [3.63, 3.8) is 0 Å². The Morgan fingerprint density at radius 2 is 2.00 bits per heavy atom. The van der Waals surface area contributed by atoms with Crippen LogP contribution in [-0.4, -0.2) is 17.6 Å². The standard InChI is InChI=1S/C13H13NO4.ClH/c1-3-17-13(15)11-9(2)18(16)12(14-11)10-7-5-4-6-8-10;/h4-8H,3H2,1-2H3;1H. The van der Waals surface area contributed by atoms with Gasteiger partial charge in [-0.1, -0.05) is 18.2 Å². The molecule has 0 spiro atoms. The van der Waals surface area contributed by atoms with E-state index >= 15 is 0 Å². The highest BCUT2D eigenvalue weighted by Crippen LogP contribution is 2.25. The smallest absolute Gasteiger partial charge is 0.392 e. The Hall–Kier alpha value is -2.01. The third-order valence-corrected chi connectivity index (χ3v) is 2.49. The maximum atomic E-state index is 11.9. The molecule has 1 heterocycles. The average molecular weight is 284 g/mol. The predicted molar refractivity (Wildman–Crippen MR) is 69.9 cm³/mol. The van der Waals surface area contributed by atoms with Crippen LogP contribution in [0.4, 0.5) is 0 Å². The van der Waals surface area contributed by atoms with Gasteiger partial charge >= 0.3 is 11.9 Å². The van der Waals surface area contributed by atoms with Gasteiger partial charge in [0.1, 0.15) is 0 Å². The van der Waals surface area contributed by atoms with E-state index in [9.17, 15) is 10.1 Å². The van der Waals surface area contributed by atoms with Crippen molar-refractivity contribution in [2.24, 2.45) is 0 Å². The molecule has 0 unspecified atom stereocenters. The lowest BCUT2D eigenvalue weighted by Gasteiger charge is -2.04. The minimum atomic E-state index is -0.589. The van der Waals surface area contributed by atoms with Gasteiger partial charge < -0.3 is 14.2 Å². The van der Waals surface area contributed by atoms with Crippen LogP contribution < -0.4 is 5.26 Å². The minimum absolute atomic E-state index is 0. The Morgan fingerprint density at radius 3 is 2.58 bits per heavy atom. The number of hydrogen-bond acceptors (Lipinski definition) is 4. The molecule has 1 aromatic heterocycles. The second kappa shape index (κ2) is 6.24. The monoisotopic (exact) mass is 283 g/mol. The number of nitrogens with zero attached hydrogens (tertiary/aromatic N) is 1. The number of halogens is 1. The SMILES string of the molecule is CCOC(=O)c1nc(-c2ccccc2)[o+]([O-])c1C.Cl. The van der Waals surface area contributed by atoms with Crippen molar-refractivity contribution in [2.75, 3.05) is 6.61 Å². The van der Waals surface area contributed by atoms with E-state index in [0.717, 1.165) is 0 Å². The molecule has 5 nitrogen and oxygen atoms in total. The van der Waals surface area contributed by atoms with Crippen LogP contribution in [0, 0.1) is 6.92 Å².